The summed E-state index contributed by atoms with van der Waals surface area (Å²) >= 11 is 5.84. The van der Waals surface area contributed by atoms with E-state index in [1.54, 1.807) is 0 Å². The third kappa shape index (κ3) is 5.38. The Morgan fingerprint density at radius 2 is 2.00 bits per heavy atom. The topological polar surface area (TPSA) is 69.6 Å². The summed E-state index contributed by atoms with van der Waals surface area (Å²) < 4.78 is 26.7. The maximum absolute atomic E-state index is 12.1. The molecule has 0 heterocycles. The number of rotatable bonds is 8. The van der Waals surface area contributed by atoms with E-state index in [0.717, 1.165) is 19.4 Å². The molecule has 0 spiro atoms. The van der Waals surface area contributed by atoms with Gasteiger partial charge in [-0.25, -0.2) is 13.1 Å². The van der Waals surface area contributed by atoms with Crippen LogP contribution < -0.4 is 4.72 Å². The molecule has 1 aromatic rings. The maximum Gasteiger partial charge on any atom is 0.240 e. The van der Waals surface area contributed by atoms with Gasteiger partial charge in [-0.15, -0.1) is 0 Å². The summed E-state index contributed by atoms with van der Waals surface area (Å²) in [6, 6.07) is 4.31. The molecular formula is C13H21ClN2O3S. The number of aliphatic hydroxyl groups is 1. The first-order valence-electron chi connectivity index (χ1n) is 6.40. The molecule has 0 saturated carbocycles. The van der Waals surface area contributed by atoms with Crippen LogP contribution >= 0.6 is 11.6 Å². The van der Waals surface area contributed by atoms with Gasteiger partial charge in [0.15, 0.2) is 0 Å². The standard InChI is InChI=1S/C13H21ClN2O3S/c1-16(2)8-4-3-7-15-20(18,19)12-5-6-13(14)11(9-12)10-17/h5-6,9,15,17H,3-4,7-8,10H2,1-2H3. The van der Waals surface area contributed by atoms with Gasteiger partial charge in [0.2, 0.25) is 10.0 Å². The van der Waals surface area contributed by atoms with Crippen LogP contribution in [0.3, 0.4) is 0 Å². The van der Waals surface area contributed by atoms with Gasteiger partial charge in [0.1, 0.15) is 0 Å². The van der Waals surface area contributed by atoms with Crippen molar-refractivity contribution in [2.45, 2.75) is 24.3 Å². The molecule has 5 nitrogen and oxygen atoms in total. The predicted octanol–water partition coefficient (Wildman–Crippen LogP) is 1.45. The summed E-state index contributed by atoms with van der Waals surface area (Å²) in [4.78, 5) is 2.18. The smallest absolute Gasteiger partial charge is 0.240 e. The van der Waals surface area contributed by atoms with Crippen LogP contribution in [-0.2, 0) is 16.6 Å². The zero-order valence-electron chi connectivity index (χ0n) is 11.8. The SMILES string of the molecule is CN(C)CCCCNS(=O)(=O)c1ccc(Cl)c(CO)c1. The molecule has 0 radical (unpaired) electrons. The van der Waals surface area contributed by atoms with E-state index in [9.17, 15) is 8.42 Å². The Morgan fingerprint density at radius 1 is 1.30 bits per heavy atom. The molecule has 0 aliphatic heterocycles. The minimum absolute atomic E-state index is 0.124. The molecule has 0 aliphatic rings. The van der Waals surface area contributed by atoms with Crippen LogP contribution in [0.25, 0.3) is 0 Å². The lowest BCUT2D eigenvalue weighted by Gasteiger charge is -2.10. The van der Waals surface area contributed by atoms with Gasteiger partial charge in [-0.05, 0) is 57.2 Å². The zero-order chi connectivity index (χ0) is 15.2. The van der Waals surface area contributed by atoms with Gasteiger partial charge in [-0.3, -0.25) is 0 Å². The fourth-order valence-electron chi connectivity index (χ4n) is 1.68. The van der Waals surface area contributed by atoms with Crippen molar-refractivity contribution in [3.63, 3.8) is 0 Å². The Morgan fingerprint density at radius 3 is 2.60 bits per heavy atom. The normalized spacial score (nSPS) is 12.1. The lowest BCUT2D eigenvalue weighted by molar-refractivity contribution is 0.281. The van der Waals surface area contributed by atoms with E-state index in [1.807, 2.05) is 14.1 Å². The number of aliphatic hydroxyl groups excluding tert-OH is 1. The van der Waals surface area contributed by atoms with Crippen LogP contribution in [0.2, 0.25) is 5.02 Å². The van der Waals surface area contributed by atoms with Gasteiger partial charge in [-0.1, -0.05) is 11.6 Å². The zero-order valence-corrected chi connectivity index (χ0v) is 13.3. The molecule has 1 rings (SSSR count). The van der Waals surface area contributed by atoms with Crippen LogP contribution in [0.1, 0.15) is 18.4 Å². The number of hydrogen-bond donors (Lipinski definition) is 2. The minimum atomic E-state index is -3.54. The summed E-state index contributed by atoms with van der Waals surface area (Å²) in [5.74, 6) is 0. The Balaban J connectivity index is 2.60. The van der Waals surface area contributed by atoms with Crippen molar-refractivity contribution in [1.82, 2.24) is 9.62 Å². The highest BCUT2D eigenvalue weighted by Crippen LogP contribution is 2.20. The monoisotopic (exact) mass is 320 g/mol. The molecule has 0 aromatic heterocycles. The number of hydrogen-bond acceptors (Lipinski definition) is 4. The lowest BCUT2D eigenvalue weighted by atomic mass is 10.2. The number of unbranched alkanes of at least 4 members (excludes halogenated alkanes) is 1. The first-order chi connectivity index (χ1) is 9.36. The summed E-state index contributed by atoms with van der Waals surface area (Å²) in [6.07, 6.45) is 1.70. The average Bonchev–Trinajstić information content (AvgIpc) is 2.38. The van der Waals surface area contributed by atoms with E-state index in [0.29, 0.717) is 17.1 Å². The molecule has 2 N–H and O–H groups in total. The summed E-state index contributed by atoms with van der Waals surface area (Å²) in [6.45, 7) is 1.04. The minimum Gasteiger partial charge on any atom is -0.392 e. The molecule has 0 atom stereocenters. The molecule has 0 aliphatic carbocycles. The van der Waals surface area contributed by atoms with Crippen LogP contribution in [0.4, 0.5) is 0 Å². The summed E-state index contributed by atoms with van der Waals surface area (Å²) in [5.41, 5.74) is 0.405. The van der Waals surface area contributed by atoms with E-state index in [2.05, 4.69) is 9.62 Å². The molecule has 0 fully saturated rings. The number of nitrogens with one attached hydrogen (secondary N) is 1. The largest absolute Gasteiger partial charge is 0.392 e. The van der Waals surface area contributed by atoms with E-state index in [-0.39, 0.29) is 11.5 Å². The Bertz CT molecular complexity index is 532. The quantitative estimate of drug-likeness (QED) is 0.711. The average molecular weight is 321 g/mol. The molecule has 114 valence electrons. The van der Waals surface area contributed by atoms with Crippen LogP contribution in [0.15, 0.2) is 23.1 Å². The Kier molecular flexibility index (Phi) is 6.91. The second kappa shape index (κ2) is 7.95. The fraction of sp³-hybridized carbons (Fsp3) is 0.538. The second-order valence-corrected chi connectivity index (χ2v) is 6.99. The molecule has 7 heteroatoms. The fourth-order valence-corrected chi connectivity index (χ4v) is 2.98. The highest BCUT2D eigenvalue weighted by atomic mass is 35.5. The van der Waals surface area contributed by atoms with E-state index < -0.39 is 10.0 Å². The Hall–Kier alpha value is -0.660. The van der Waals surface area contributed by atoms with Crippen LogP contribution in [0.5, 0.6) is 0 Å². The third-order valence-electron chi connectivity index (χ3n) is 2.82. The number of nitrogens with zero attached hydrogens (tertiary/aromatic N) is 1. The molecule has 0 saturated heterocycles. The third-order valence-corrected chi connectivity index (χ3v) is 4.65. The van der Waals surface area contributed by atoms with Crippen molar-refractivity contribution < 1.29 is 13.5 Å². The molecular weight excluding hydrogens is 300 g/mol. The van der Waals surface area contributed by atoms with Crippen molar-refractivity contribution in [3.05, 3.63) is 28.8 Å². The van der Waals surface area contributed by atoms with Gasteiger partial charge >= 0.3 is 0 Å². The van der Waals surface area contributed by atoms with Crippen LogP contribution in [0, 0.1) is 0 Å². The lowest BCUT2D eigenvalue weighted by Crippen LogP contribution is -2.25. The highest BCUT2D eigenvalue weighted by molar-refractivity contribution is 7.89. The first kappa shape index (κ1) is 17.4. The molecule has 0 unspecified atom stereocenters. The van der Waals surface area contributed by atoms with E-state index in [1.165, 1.54) is 18.2 Å². The Labute approximate surface area is 125 Å². The molecule has 0 amide bonds. The van der Waals surface area contributed by atoms with E-state index in [4.69, 9.17) is 16.7 Å². The molecule has 20 heavy (non-hydrogen) atoms. The first-order valence-corrected chi connectivity index (χ1v) is 8.26. The van der Waals surface area contributed by atoms with Crippen molar-refractivity contribution in [1.29, 1.82) is 0 Å². The van der Waals surface area contributed by atoms with Gasteiger partial charge in [0.25, 0.3) is 0 Å². The van der Waals surface area contributed by atoms with Crippen molar-refractivity contribution in [2.75, 3.05) is 27.2 Å². The van der Waals surface area contributed by atoms with Crippen LogP contribution in [-0.4, -0.2) is 45.6 Å². The highest BCUT2D eigenvalue weighted by Gasteiger charge is 2.14. The van der Waals surface area contributed by atoms with Gasteiger partial charge in [0, 0.05) is 11.6 Å². The van der Waals surface area contributed by atoms with Crippen molar-refractivity contribution in [3.8, 4) is 0 Å². The number of halogens is 1. The number of sulfonamides is 1. The molecule has 1 aromatic carbocycles. The molecule has 0 bridgehead atoms. The summed E-state index contributed by atoms with van der Waals surface area (Å²) in [7, 11) is 0.417. The predicted molar refractivity (Wildman–Crippen MR) is 80.4 cm³/mol. The van der Waals surface area contributed by atoms with Crippen molar-refractivity contribution >= 4 is 21.6 Å². The number of benzene rings is 1. The van der Waals surface area contributed by atoms with Crippen molar-refractivity contribution in [2.24, 2.45) is 0 Å². The maximum atomic E-state index is 12.1. The van der Waals surface area contributed by atoms with E-state index >= 15 is 0 Å². The van der Waals surface area contributed by atoms with Gasteiger partial charge in [-0.2, -0.15) is 0 Å². The van der Waals surface area contributed by atoms with Gasteiger partial charge in [0.05, 0.1) is 11.5 Å². The second-order valence-electron chi connectivity index (χ2n) is 4.82. The van der Waals surface area contributed by atoms with Gasteiger partial charge < -0.3 is 10.0 Å². The summed E-state index contributed by atoms with van der Waals surface area (Å²) in [5, 5.41) is 9.46.